The predicted octanol–water partition coefficient (Wildman–Crippen LogP) is 3.06. The summed E-state index contributed by atoms with van der Waals surface area (Å²) in [6.07, 6.45) is -3.55. The summed E-state index contributed by atoms with van der Waals surface area (Å²) in [5, 5.41) is 24.0. The number of methoxy groups -OCH3 is 1. The highest BCUT2D eigenvalue weighted by molar-refractivity contribution is 5.73. The number of carbonyl (C=O) groups is 1. The molecule has 2 aromatic rings. The van der Waals surface area contributed by atoms with Crippen LogP contribution in [-0.4, -0.2) is 60.5 Å². The number of ether oxygens (including phenoxy) is 3. The summed E-state index contributed by atoms with van der Waals surface area (Å²) in [6.45, 7) is 5.96. The number of benzene rings is 2. The van der Waals surface area contributed by atoms with Crippen molar-refractivity contribution >= 4 is 5.91 Å². The Balaban J connectivity index is 1.87. The average Bonchev–Trinajstić information content (AvgIpc) is 2.77. The van der Waals surface area contributed by atoms with Crippen LogP contribution in [0.2, 0.25) is 0 Å². The summed E-state index contributed by atoms with van der Waals surface area (Å²) < 4.78 is 31.3. The first-order valence-electron chi connectivity index (χ1n) is 11.5. The van der Waals surface area contributed by atoms with Crippen molar-refractivity contribution in [1.29, 1.82) is 0 Å². The maximum Gasteiger partial charge on any atom is 0.229 e. The van der Waals surface area contributed by atoms with Crippen molar-refractivity contribution in [2.24, 2.45) is 5.92 Å². The summed E-state index contributed by atoms with van der Waals surface area (Å²) >= 11 is 0. The van der Waals surface area contributed by atoms with Crippen LogP contribution in [-0.2, 0) is 20.7 Å². The first kappa shape index (κ1) is 26.1. The van der Waals surface area contributed by atoms with E-state index in [0.717, 1.165) is 11.1 Å². The lowest BCUT2D eigenvalue weighted by Gasteiger charge is -2.42. The van der Waals surface area contributed by atoms with Gasteiger partial charge in [0.1, 0.15) is 29.9 Å². The SMILES string of the molecule is CO[C@@H]1[C@@H](O)[C@@H](O)[C@H](Oc2ccc(CCNC(C)=O)c(-c3cccc(F)c3)c2)O[C@@H]1CC(C)C. The molecule has 186 valence electrons. The van der Waals surface area contributed by atoms with Gasteiger partial charge in [-0.3, -0.25) is 4.79 Å². The molecular weight excluding hydrogens is 441 g/mol. The summed E-state index contributed by atoms with van der Waals surface area (Å²) in [5.74, 6) is 0.193. The summed E-state index contributed by atoms with van der Waals surface area (Å²) in [5.41, 5.74) is 2.29. The number of aliphatic hydroxyl groups excluding tert-OH is 2. The molecule has 3 rings (SSSR count). The lowest BCUT2D eigenvalue weighted by Crippen LogP contribution is -2.59. The molecule has 34 heavy (non-hydrogen) atoms. The number of amides is 1. The third kappa shape index (κ3) is 6.54. The fourth-order valence-corrected chi connectivity index (χ4v) is 4.23. The van der Waals surface area contributed by atoms with Crippen LogP contribution < -0.4 is 10.1 Å². The Bertz CT molecular complexity index is 968. The van der Waals surface area contributed by atoms with Crippen LogP contribution in [0.25, 0.3) is 11.1 Å². The minimum Gasteiger partial charge on any atom is -0.462 e. The molecule has 1 fully saturated rings. The van der Waals surface area contributed by atoms with E-state index in [4.69, 9.17) is 14.2 Å². The van der Waals surface area contributed by atoms with Gasteiger partial charge in [0.15, 0.2) is 0 Å². The molecule has 1 aliphatic heterocycles. The molecular formula is C26H34FNO6. The summed E-state index contributed by atoms with van der Waals surface area (Å²) in [7, 11) is 1.48. The molecule has 3 N–H and O–H groups in total. The zero-order valence-corrected chi connectivity index (χ0v) is 20.0. The molecule has 0 unspecified atom stereocenters. The van der Waals surface area contributed by atoms with E-state index < -0.39 is 30.7 Å². The van der Waals surface area contributed by atoms with Crippen LogP contribution >= 0.6 is 0 Å². The number of rotatable bonds is 9. The predicted molar refractivity (Wildman–Crippen MR) is 126 cm³/mol. The summed E-state index contributed by atoms with van der Waals surface area (Å²) in [6, 6.07) is 11.5. The van der Waals surface area contributed by atoms with Gasteiger partial charge >= 0.3 is 0 Å². The molecule has 1 heterocycles. The molecule has 2 aromatic carbocycles. The second-order valence-electron chi connectivity index (χ2n) is 9.03. The fourth-order valence-electron chi connectivity index (χ4n) is 4.23. The van der Waals surface area contributed by atoms with E-state index in [1.807, 2.05) is 19.9 Å². The van der Waals surface area contributed by atoms with Gasteiger partial charge in [0.2, 0.25) is 12.2 Å². The quantitative estimate of drug-likeness (QED) is 0.516. The van der Waals surface area contributed by atoms with Crippen molar-refractivity contribution in [2.75, 3.05) is 13.7 Å². The Morgan fingerprint density at radius 3 is 2.59 bits per heavy atom. The zero-order chi connectivity index (χ0) is 24.8. The van der Waals surface area contributed by atoms with Gasteiger partial charge in [-0.15, -0.1) is 0 Å². The van der Waals surface area contributed by atoms with E-state index in [2.05, 4.69) is 5.32 Å². The largest absolute Gasteiger partial charge is 0.462 e. The van der Waals surface area contributed by atoms with Gasteiger partial charge in [0.25, 0.3) is 0 Å². The van der Waals surface area contributed by atoms with E-state index in [1.54, 1.807) is 24.3 Å². The molecule has 0 radical (unpaired) electrons. The second-order valence-corrected chi connectivity index (χ2v) is 9.03. The molecule has 0 bridgehead atoms. The molecule has 8 heteroatoms. The van der Waals surface area contributed by atoms with Gasteiger partial charge in [-0.25, -0.2) is 4.39 Å². The Hall–Kier alpha value is -2.52. The molecule has 1 aliphatic rings. The maximum atomic E-state index is 13.9. The number of aliphatic hydroxyl groups is 2. The van der Waals surface area contributed by atoms with Crippen molar-refractivity contribution in [1.82, 2.24) is 5.32 Å². The molecule has 1 amide bonds. The van der Waals surface area contributed by atoms with Crippen molar-refractivity contribution in [3.63, 3.8) is 0 Å². The minimum atomic E-state index is -1.31. The zero-order valence-electron chi connectivity index (χ0n) is 20.0. The minimum absolute atomic E-state index is 0.125. The average molecular weight is 476 g/mol. The molecule has 0 saturated carbocycles. The third-order valence-corrected chi connectivity index (χ3v) is 5.85. The Morgan fingerprint density at radius 1 is 1.18 bits per heavy atom. The van der Waals surface area contributed by atoms with Gasteiger partial charge in [-0.1, -0.05) is 32.0 Å². The third-order valence-electron chi connectivity index (χ3n) is 5.85. The lowest BCUT2D eigenvalue weighted by atomic mass is 9.93. The summed E-state index contributed by atoms with van der Waals surface area (Å²) in [4.78, 5) is 11.3. The van der Waals surface area contributed by atoms with Crippen LogP contribution in [0.5, 0.6) is 5.75 Å². The Morgan fingerprint density at radius 2 is 1.94 bits per heavy atom. The van der Waals surface area contributed by atoms with E-state index >= 15 is 0 Å². The molecule has 1 saturated heterocycles. The van der Waals surface area contributed by atoms with Crippen molar-refractivity contribution in [3.8, 4) is 16.9 Å². The number of hydrogen-bond donors (Lipinski definition) is 3. The van der Waals surface area contributed by atoms with E-state index in [-0.39, 0.29) is 17.6 Å². The molecule has 7 nitrogen and oxygen atoms in total. The number of halogens is 1. The van der Waals surface area contributed by atoms with E-state index in [1.165, 1.54) is 26.2 Å². The van der Waals surface area contributed by atoms with Crippen molar-refractivity contribution < 1.29 is 33.6 Å². The van der Waals surface area contributed by atoms with Gasteiger partial charge in [0, 0.05) is 20.6 Å². The Labute approximate surface area is 199 Å². The van der Waals surface area contributed by atoms with E-state index in [0.29, 0.717) is 30.7 Å². The van der Waals surface area contributed by atoms with Crippen LogP contribution in [0, 0.1) is 11.7 Å². The smallest absolute Gasteiger partial charge is 0.229 e. The highest BCUT2D eigenvalue weighted by Crippen LogP contribution is 2.32. The normalized spacial score (nSPS) is 24.8. The number of hydrogen-bond acceptors (Lipinski definition) is 6. The fraction of sp³-hybridized carbons (Fsp3) is 0.500. The highest BCUT2D eigenvalue weighted by Gasteiger charge is 2.46. The Kier molecular flexibility index (Phi) is 9.02. The van der Waals surface area contributed by atoms with Crippen molar-refractivity contribution in [2.45, 2.75) is 64.3 Å². The van der Waals surface area contributed by atoms with E-state index in [9.17, 15) is 19.4 Å². The number of carbonyl (C=O) groups excluding carboxylic acids is 1. The van der Waals surface area contributed by atoms with Crippen LogP contribution in [0.15, 0.2) is 42.5 Å². The van der Waals surface area contributed by atoms with Gasteiger partial charge in [-0.05, 0) is 59.7 Å². The molecule has 0 aromatic heterocycles. The molecule has 0 spiro atoms. The first-order valence-corrected chi connectivity index (χ1v) is 11.5. The first-order chi connectivity index (χ1) is 16.2. The van der Waals surface area contributed by atoms with Crippen molar-refractivity contribution in [3.05, 3.63) is 53.8 Å². The van der Waals surface area contributed by atoms with Crippen LogP contribution in [0.1, 0.15) is 32.8 Å². The molecule has 5 atom stereocenters. The highest BCUT2D eigenvalue weighted by atomic mass is 19.1. The topological polar surface area (TPSA) is 97.3 Å². The van der Waals surface area contributed by atoms with Crippen LogP contribution in [0.4, 0.5) is 4.39 Å². The lowest BCUT2D eigenvalue weighted by molar-refractivity contribution is -0.279. The van der Waals surface area contributed by atoms with Gasteiger partial charge in [0.05, 0.1) is 6.10 Å². The monoisotopic (exact) mass is 475 g/mol. The maximum absolute atomic E-state index is 13.9. The second kappa shape index (κ2) is 11.8. The van der Waals surface area contributed by atoms with Gasteiger partial charge < -0.3 is 29.7 Å². The van der Waals surface area contributed by atoms with Crippen LogP contribution in [0.3, 0.4) is 0 Å². The molecule has 0 aliphatic carbocycles. The van der Waals surface area contributed by atoms with Gasteiger partial charge in [-0.2, -0.15) is 0 Å². The standard InChI is InChI=1S/C26H34FNO6/c1-15(2)12-22-25(32-4)23(30)24(31)26(34-22)33-20-9-8-17(10-11-28-16(3)29)21(14-20)18-6-5-7-19(27)13-18/h5-9,13-15,22-26,30-31H,10-12H2,1-4H3,(H,28,29)/t22-,23+,24-,25+,26-/m1/s1. The number of nitrogens with one attached hydrogen (secondary N) is 1.